The second kappa shape index (κ2) is 6.56. The van der Waals surface area contributed by atoms with Crippen molar-refractivity contribution in [2.45, 2.75) is 26.2 Å². The molecule has 2 rings (SSSR count). The number of carbonyl (C=O) groups excluding carboxylic acids is 1. The average molecular weight is 294 g/mol. The molecular formula is C15H19FN2O3. The Morgan fingerprint density at radius 3 is 2.71 bits per heavy atom. The molecule has 0 aliphatic heterocycles. The molecule has 6 heteroatoms. The summed E-state index contributed by atoms with van der Waals surface area (Å²) in [6, 6.07) is 3.09. The van der Waals surface area contributed by atoms with Gasteiger partial charge in [-0.1, -0.05) is 19.8 Å². The molecule has 1 aliphatic carbocycles. The highest BCUT2D eigenvalue weighted by atomic mass is 19.1. The first kappa shape index (κ1) is 15.3. The second-order valence-corrected chi connectivity index (χ2v) is 5.50. The van der Waals surface area contributed by atoms with Crippen molar-refractivity contribution >= 4 is 17.7 Å². The van der Waals surface area contributed by atoms with Crippen LogP contribution in [0.2, 0.25) is 0 Å². The Balaban J connectivity index is 1.87. The number of urea groups is 1. The number of rotatable bonds is 4. The minimum atomic E-state index is -1.33. The van der Waals surface area contributed by atoms with Crippen LogP contribution >= 0.6 is 0 Å². The van der Waals surface area contributed by atoms with E-state index in [0.717, 1.165) is 18.6 Å². The number of amides is 2. The molecule has 2 amide bonds. The minimum absolute atomic E-state index is 0.231. The Morgan fingerprint density at radius 1 is 1.38 bits per heavy atom. The molecule has 0 heterocycles. The number of carboxylic acids is 1. The zero-order chi connectivity index (χ0) is 15.4. The van der Waals surface area contributed by atoms with Gasteiger partial charge in [-0.05, 0) is 36.5 Å². The fourth-order valence-corrected chi connectivity index (χ4v) is 2.69. The van der Waals surface area contributed by atoms with Crippen LogP contribution in [-0.2, 0) is 0 Å². The van der Waals surface area contributed by atoms with E-state index in [1.807, 2.05) is 0 Å². The van der Waals surface area contributed by atoms with Crippen molar-refractivity contribution in [1.29, 1.82) is 0 Å². The summed E-state index contributed by atoms with van der Waals surface area (Å²) in [5.74, 6) is -1.11. The number of aromatic carboxylic acids is 1. The van der Waals surface area contributed by atoms with Gasteiger partial charge in [0.05, 0.1) is 5.56 Å². The Labute approximate surface area is 122 Å². The molecule has 5 nitrogen and oxygen atoms in total. The predicted octanol–water partition coefficient (Wildman–Crippen LogP) is 3.08. The number of hydrogen-bond acceptors (Lipinski definition) is 2. The highest BCUT2D eigenvalue weighted by molar-refractivity contribution is 5.91. The van der Waals surface area contributed by atoms with Crippen LogP contribution in [0.3, 0.4) is 0 Å². The van der Waals surface area contributed by atoms with E-state index in [1.54, 1.807) is 0 Å². The van der Waals surface area contributed by atoms with Crippen LogP contribution in [0.1, 0.15) is 36.5 Å². The number of carboxylic acid groups (broad SMARTS) is 1. The summed E-state index contributed by atoms with van der Waals surface area (Å²) in [6.45, 7) is 2.78. The third-order valence-corrected chi connectivity index (χ3v) is 4.02. The maximum atomic E-state index is 13.5. The van der Waals surface area contributed by atoms with E-state index >= 15 is 0 Å². The lowest BCUT2D eigenvalue weighted by Crippen LogP contribution is -2.33. The first-order chi connectivity index (χ1) is 9.97. The Bertz CT molecular complexity index is 548. The standard InChI is InChI=1S/C15H19FN2O3/c1-9-3-2-4-10(9)8-17-15(21)18-11-5-6-12(14(19)20)13(16)7-11/h5-7,9-10H,2-4,8H2,1H3,(H,19,20)(H2,17,18,21). The highest BCUT2D eigenvalue weighted by Crippen LogP contribution is 2.30. The lowest BCUT2D eigenvalue weighted by Gasteiger charge is -2.16. The second-order valence-electron chi connectivity index (χ2n) is 5.50. The maximum Gasteiger partial charge on any atom is 0.338 e. The van der Waals surface area contributed by atoms with Gasteiger partial charge < -0.3 is 15.7 Å². The van der Waals surface area contributed by atoms with E-state index in [-0.39, 0.29) is 5.69 Å². The van der Waals surface area contributed by atoms with Crippen LogP contribution in [0.25, 0.3) is 0 Å². The molecule has 114 valence electrons. The average Bonchev–Trinajstić information content (AvgIpc) is 2.81. The van der Waals surface area contributed by atoms with E-state index in [1.165, 1.54) is 18.9 Å². The van der Waals surface area contributed by atoms with E-state index in [4.69, 9.17) is 5.11 Å². The Morgan fingerprint density at radius 2 is 2.14 bits per heavy atom. The Hall–Kier alpha value is -2.11. The van der Waals surface area contributed by atoms with Crippen molar-refractivity contribution in [2.75, 3.05) is 11.9 Å². The van der Waals surface area contributed by atoms with Crippen LogP contribution in [0.4, 0.5) is 14.9 Å². The van der Waals surface area contributed by atoms with Crippen molar-refractivity contribution in [1.82, 2.24) is 5.32 Å². The summed E-state index contributed by atoms with van der Waals surface area (Å²) < 4.78 is 13.5. The van der Waals surface area contributed by atoms with Crippen LogP contribution in [0.15, 0.2) is 18.2 Å². The van der Waals surface area contributed by atoms with Gasteiger partial charge in [-0.2, -0.15) is 0 Å². The summed E-state index contributed by atoms with van der Waals surface area (Å²) in [7, 11) is 0. The van der Waals surface area contributed by atoms with Crippen molar-refractivity contribution in [3.8, 4) is 0 Å². The molecule has 1 fully saturated rings. The van der Waals surface area contributed by atoms with Gasteiger partial charge in [0, 0.05) is 12.2 Å². The molecule has 21 heavy (non-hydrogen) atoms. The molecule has 1 saturated carbocycles. The molecule has 1 aromatic carbocycles. The van der Waals surface area contributed by atoms with E-state index < -0.39 is 23.4 Å². The molecule has 2 atom stereocenters. The van der Waals surface area contributed by atoms with Crippen LogP contribution in [0.5, 0.6) is 0 Å². The molecule has 0 saturated heterocycles. The lowest BCUT2D eigenvalue weighted by molar-refractivity contribution is 0.0692. The number of nitrogens with one attached hydrogen (secondary N) is 2. The lowest BCUT2D eigenvalue weighted by atomic mass is 9.98. The highest BCUT2D eigenvalue weighted by Gasteiger charge is 2.23. The third-order valence-electron chi connectivity index (χ3n) is 4.02. The molecule has 1 aromatic rings. The van der Waals surface area contributed by atoms with Gasteiger partial charge in [-0.3, -0.25) is 0 Å². The van der Waals surface area contributed by atoms with E-state index in [0.29, 0.717) is 18.4 Å². The molecular weight excluding hydrogens is 275 g/mol. The third kappa shape index (κ3) is 3.93. The predicted molar refractivity (Wildman–Crippen MR) is 76.9 cm³/mol. The summed E-state index contributed by atoms with van der Waals surface area (Å²) in [5, 5.41) is 14.0. The van der Waals surface area contributed by atoms with Crippen molar-refractivity contribution in [3.63, 3.8) is 0 Å². The molecule has 2 unspecified atom stereocenters. The quantitative estimate of drug-likeness (QED) is 0.798. The van der Waals surface area contributed by atoms with E-state index in [9.17, 15) is 14.0 Å². The molecule has 0 aromatic heterocycles. The smallest absolute Gasteiger partial charge is 0.338 e. The fourth-order valence-electron chi connectivity index (χ4n) is 2.69. The summed E-state index contributed by atoms with van der Waals surface area (Å²) >= 11 is 0. The maximum absolute atomic E-state index is 13.5. The van der Waals surface area contributed by atoms with Crippen LogP contribution in [0, 0.1) is 17.7 Å². The summed E-state index contributed by atoms with van der Waals surface area (Å²) in [4.78, 5) is 22.4. The Kier molecular flexibility index (Phi) is 4.77. The molecule has 3 N–H and O–H groups in total. The molecule has 0 bridgehead atoms. The SMILES string of the molecule is CC1CCCC1CNC(=O)Nc1ccc(C(=O)O)c(F)c1. The van der Waals surface area contributed by atoms with Crippen molar-refractivity contribution in [2.24, 2.45) is 11.8 Å². The van der Waals surface area contributed by atoms with Crippen molar-refractivity contribution in [3.05, 3.63) is 29.6 Å². The van der Waals surface area contributed by atoms with E-state index in [2.05, 4.69) is 17.6 Å². The van der Waals surface area contributed by atoms with Gasteiger partial charge in [0.1, 0.15) is 5.82 Å². The van der Waals surface area contributed by atoms with Gasteiger partial charge in [0.2, 0.25) is 0 Å². The van der Waals surface area contributed by atoms with Gasteiger partial charge in [0.15, 0.2) is 0 Å². The number of anilines is 1. The number of carbonyl (C=O) groups is 2. The summed E-state index contributed by atoms with van der Waals surface area (Å²) in [5.41, 5.74) is -0.185. The monoisotopic (exact) mass is 294 g/mol. The zero-order valence-corrected chi connectivity index (χ0v) is 11.9. The largest absolute Gasteiger partial charge is 0.478 e. The first-order valence-electron chi connectivity index (χ1n) is 7.05. The topological polar surface area (TPSA) is 78.4 Å². The fraction of sp³-hybridized carbons (Fsp3) is 0.467. The minimum Gasteiger partial charge on any atom is -0.478 e. The van der Waals surface area contributed by atoms with Gasteiger partial charge in [0.25, 0.3) is 0 Å². The number of benzene rings is 1. The normalized spacial score (nSPS) is 21.0. The van der Waals surface area contributed by atoms with Gasteiger partial charge in [-0.15, -0.1) is 0 Å². The molecule has 0 radical (unpaired) electrons. The van der Waals surface area contributed by atoms with Crippen LogP contribution in [-0.4, -0.2) is 23.7 Å². The summed E-state index contributed by atoms with van der Waals surface area (Å²) in [6.07, 6.45) is 3.50. The van der Waals surface area contributed by atoms with Crippen molar-refractivity contribution < 1.29 is 19.1 Å². The first-order valence-corrected chi connectivity index (χ1v) is 7.05. The molecule has 1 aliphatic rings. The number of halogens is 1. The van der Waals surface area contributed by atoms with Gasteiger partial charge >= 0.3 is 12.0 Å². The van der Waals surface area contributed by atoms with Gasteiger partial charge in [-0.25, -0.2) is 14.0 Å². The zero-order valence-electron chi connectivity index (χ0n) is 11.9. The number of hydrogen-bond donors (Lipinski definition) is 3. The van der Waals surface area contributed by atoms with Crippen LogP contribution < -0.4 is 10.6 Å². The molecule has 0 spiro atoms.